The molecule has 142 valence electrons. The van der Waals surface area contributed by atoms with E-state index in [9.17, 15) is 14.3 Å². The first kappa shape index (κ1) is 20.1. The van der Waals surface area contributed by atoms with Crippen molar-refractivity contribution in [3.63, 3.8) is 0 Å². The molecule has 0 spiro atoms. The molecule has 1 aliphatic heterocycles. The first-order valence-corrected chi connectivity index (χ1v) is 8.75. The minimum absolute atomic E-state index is 0.0379. The van der Waals surface area contributed by atoms with Crippen molar-refractivity contribution in [1.29, 1.82) is 5.26 Å². The minimum Gasteiger partial charge on any atom is -0.444 e. The second kappa shape index (κ2) is 8.47. The number of nitrogens with zero attached hydrogens (tertiary/aromatic N) is 3. The Balaban J connectivity index is 1.93. The summed E-state index contributed by atoms with van der Waals surface area (Å²) in [5, 5.41) is 18.6. The Hall–Kier alpha value is -2.17. The van der Waals surface area contributed by atoms with Gasteiger partial charge in [-0.1, -0.05) is 6.07 Å². The van der Waals surface area contributed by atoms with Crippen LogP contribution in [0.5, 0.6) is 0 Å². The number of aliphatic hydroxyl groups is 1. The third-order valence-electron chi connectivity index (χ3n) is 4.31. The molecule has 1 aromatic carbocycles. The molecule has 7 heteroatoms. The molecule has 1 saturated heterocycles. The molecule has 1 amide bonds. The Labute approximate surface area is 153 Å². The van der Waals surface area contributed by atoms with E-state index in [1.165, 1.54) is 6.07 Å². The van der Waals surface area contributed by atoms with Gasteiger partial charge < -0.3 is 14.7 Å². The quantitative estimate of drug-likeness (QED) is 0.887. The van der Waals surface area contributed by atoms with Gasteiger partial charge in [0, 0.05) is 26.2 Å². The molecule has 6 nitrogen and oxygen atoms in total. The average molecular weight is 363 g/mol. The van der Waals surface area contributed by atoms with E-state index in [1.54, 1.807) is 17.0 Å². The first-order chi connectivity index (χ1) is 12.2. The lowest BCUT2D eigenvalue weighted by atomic mass is 10.1. The number of rotatable bonds is 4. The topological polar surface area (TPSA) is 76.8 Å². The van der Waals surface area contributed by atoms with E-state index in [0.29, 0.717) is 32.6 Å². The Morgan fingerprint density at radius 2 is 2.15 bits per heavy atom. The lowest BCUT2D eigenvalue weighted by molar-refractivity contribution is -0.00400. The molecule has 26 heavy (non-hydrogen) atoms. The summed E-state index contributed by atoms with van der Waals surface area (Å²) >= 11 is 0. The minimum atomic E-state index is -0.552. The molecular formula is C19H26FN3O3. The van der Waals surface area contributed by atoms with Crippen molar-refractivity contribution in [1.82, 2.24) is 9.80 Å². The molecule has 1 unspecified atom stereocenters. The second-order valence-electron chi connectivity index (χ2n) is 7.47. The van der Waals surface area contributed by atoms with Crippen LogP contribution in [0.25, 0.3) is 0 Å². The Morgan fingerprint density at radius 3 is 2.77 bits per heavy atom. The fourth-order valence-electron chi connectivity index (χ4n) is 2.94. The molecule has 1 aromatic rings. The highest BCUT2D eigenvalue weighted by Gasteiger charge is 2.31. The zero-order valence-corrected chi connectivity index (χ0v) is 15.5. The van der Waals surface area contributed by atoms with Gasteiger partial charge in [-0.25, -0.2) is 9.18 Å². The predicted molar refractivity (Wildman–Crippen MR) is 95.1 cm³/mol. The van der Waals surface area contributed by atoms with E-state index in [2.05, 4.69) is 4.90 Å². The van der Waals surface area contributed by atoms with Crippen molar-refractivity contribution in [3.05, 3.63) is 35.1 Å². The summed E-state index contributed by atoms with van der Waals surface area (Å²) in [7, 11) is 0. The van der Waals surface area contributed by atoms with Gasteiger partial charge in [-0.05, 0) is 44.9 Å². The van der Waals surface area contributed by atoms with Crippen LogP contribution in [-0.4, -0.2) is 65.4 Å². The number of amides is 1. The molecular weight excluding hydrogens is 337 g/mol. The highest BCUT2D eigenvalue weighted by molar-refractivity contribution is 5.68. The molecule has 0 saturated carbocycles. The lowest BCUT2D eigenvalue weighted by Gasteiger charge is -2.41. The summed E-state index contributed by atoms with van der Waals surface area (Å²) in [5.74, 6) is -0.518. The van der Waals surface area contributed by atoms with Crippen molar-refractivity contribution in [3.8, 4) is 6.07 Å². The van der Waals surface area contributed by atoms with Crippen molar-refractivity contribution in [2.45, 2.75) is 38.8 Å². The molecule has 1 N–H and O–H groups in total. The van der Waals surface area contributed by atoms with Gasteiger partial charge in [-0.2, -0.15) is 5.26 Å². The summed E-state index contributed by atoms with van der Waals surface area (Å²) in [6, 6.07) is 6.20. The SMILES string of the molecule is CC(C)(C)OC(=O)N1CCN(CCc2ccc(F)c(C#N)c2)C(CO)C1. The first-order valence-electron chi connectivity index (χ1n) is 8.75. The number of hydrogen-bond donors (Lipinski definition) is 1. The van der Waals surface area contributed by atoms with Crippen LogP contribution in [0.1, 0.15) is 31.9 Å². The maximum atomic E-state index is 13.4. The molecule has 1 heterocycles. The van der Waals surface area contributed by atoms with Gasteiger partial charge >= 0.3 is 6.09 Å². The van der Waals surface area contributed by atoms with Crippen LogP contribution in [0, 0.1) is 17.1 Å². The summed E-state index contributed by atoms with van der Waals surface area (Å²) in [5.41, 5.74) is 0.356. The number of benzene rings is 1. The number of ether oxygens (including phenoxy) is 1. The van der Waals surface area contributed by atoms with Crippen molar-refractivity contribution in [2.75, 3.05) is 32.8 Å². The standard InChI is InChI=1S/C19H26FN3O3/c1-19(2,3)26-18(25)23-9-8-22(16(12-23)13-24)7-6-14-4-5-17(20)15(10-14)11-21/h4-5,10,16,24H,6-9,12-13H2,1-3H3. The zero-order valence-electron chi connectivity index (χ0n) is 15.5. The van der Waals surface area contributed by atoms with Crippen LogP contribution in [0.2, 0.25) is 0 Å². The van der Waals surface area contributed by atoms with E-state index in [1.807, 2.05) is 26.8 Å². The highest BCUT2D eigenvalue weighted by atomic mass is 19.1. The third-order valence-corrected chi connectivity index (χ3v) is 4.31. The van der Waals surface area contributed by atoms with Crippen LogP contribution in [0.15, 0.2) is 18.2 Å². The Morgan fingerprint density at radius 1 is 1.42 bits per heavy atom. The van der Waals surface area contributed by atoms with Gasteiger partial charge in [0.2, 0.25) is 0 Å². The van der Waals surface area contributed by atoms with Gasteiger partial charge in [0.25, 0.3) is 0 Å². The summed E-state index contributed by atoms with van der Waals surface area (Å²) in [6.07, 6.45) is 0.269. The fraction of sp³-hybridized carbons (Fsp3) is 0.579. The van der Waals surface area contributed by atoms with Gasteiger partial charge in [-0.3, -0.25) is 4.90 Å². The highest BCUT2D eigenvalue weighted by Crippen LogP contribution is 2.16. The van der Waals surface area contributed by atoms with Crippen LogP contribution in [0.3, 0.4) is 0 Å². The number of carbonyl (C=O) groups excluding carboxylic acids is 1. The molecule has 2 rings (SSSR count). The molecule has 1 aliphatic rings. The van der Waals surface area contributed by atoms with Crippen LogP contribution in [0.4, 0.5) is 9.18 Å². The van der Waals surface area contributed by atoms with Crippen molar-refractivity contribution < 1.29 is 19.0 Å². The lowest BCUT2D eigenvalue weighted by Crippen LogP contribution is -2.57. The van der Waals surface area contributed by atoms with Crippen molar-refractivity contribution in [2.24, 2.45) is 0 Å². The molecule has 0 aliphatic carbocycles. The van der Waals surface area contributed by atoms with Gasteiger partial charge in [0.05, 0.1) is 18.2 Å². The predicted octanol–water partition coefficient (Wildman–Crippen LogP) is 2.15. The van der Waals surface area contributed by atoms with Crippen LogP contribution >= 0.6 is 0 Å². The number of piperazine rings is 1. The molecule has 1 fully saturated rings. The normalized spacial score (nSPS) is 18.5. The maximum Gasteiger partial charge on any atom is 0.410 e. The number of hydrogen-bond acceptors (Lipinski definition) is 5. The van der Waals surface area contributed by atoms with Crippen molar-refractivity contribution >= 4 is 6.09 Å². The van der Waals surface area contributed by atoms with Gasteiger partial charge in [0.1, 0.15) is 17.5 Å². The monoisotopic (exact) mass is 363 g/mol. The number of carbonyl (C=O) groups is 1. The number of halogens is 1. The largest absolute Gasteiger partial charge is 0.444 e. The summed E-state index contributed by atoms with van der Waals surface area (Å²) in [4.78, 5) is 15.9. The second-order valence-corrected chi connectivity index (χ2v) is 7.47. The van der Waals surface area contributed by atoms with Gasteiger partial charge in [-0.15, -0.1) is 0 Å². The molecule has 1 atom stereocenters. The van der Waals surface area contributed by atoms with Crippen LogP contribution < -0.4 is 0 Å². The van der Waals surface area contributed by atoms with Gasteiger partial charge in [0.15, 0.2) is 0 Å². The molecule has 0 radical (unpaired) electrons. The smallest absolute Gasteiger partial charge is 0.410 e. The zero-order chi connectivity index (χ0) is 19.3. The van der Waals surface area contributed by atoms with E-state index < -0.39 is 11.4 Å². The van der Waals surface area contributed by atoms with E-state index in [-0.39, 0.29) is 24.3 Å². The van der Waals surface area contributed by atoms with E-state index in [4.69, 9.17) is 10.00 Å². The summed E-state index contributed by atoms with van der Waals surface area (Å²) < 4.78 is 18.8. The van der Waals surface area contributed by atoms with Crippen LogP contribution in [-0.2, 0) is 11.2 Å². The van der Waals surface area contributed by atoms with E-state index >= 15 is 0 Å². The van der Waals surface area contributed by atoms with E-state index in [0.717, 1.165) is 5.56 Å². The Bertz CT molecular complexity index is 682. The Kier molecular flexibility index (Phi) is 6.57. The number of nitriles is 1. The third kappa shape index (κ3) is 5.41. The number of aliphatic hydroxyl groups excluding tert-OH is 1. The molecule has 0 aromatic heterocycles. The molecule has 0 bridgehead atoms. The average Bonchev–Trinajstić information content (AvgIpc) is 2.59. The summed E-state index contributed by atoms with van der Waals surface area (Å²) in [6.45, 7) is 7.61. The maximum absolute atomic E-state index is 13.4. The fourth-order valence-corrected chi connectivity index (χ4v) is 2.94.